The maximum absolute atomic E-state index is 13.9. The van der Waals surface area contributed by atoms with Gasteiger partial charge in [0.1, 0.15) is 5.75 Å². The molecule has 4 nitrogen and oxygen atoms in total. The molecule has 2 aromatic carbocycles. The highest BCUT2D eigenvalue weighted by atomic mass is 19.4. The van der Waals surface area contributed by atoms with Crippen molar-refractivity contribution in [3.63, 3.8) is 0 Å². The van der Waals surface area contributed by atoms with Crippen molar-refractivity contribution in [2.75, 3.05) is 12.4 Å². The number of anilines is 1. The summed E-state index contributed by atoms with van der Waals surface area (Å²) in [4.78, 5) is 4.43. The van der Waals surface area contributed by atoms with Gasteiger partial charge in [0.05, 0.1) is 18.7 Å². The molecule has 0 amide bonds. The van der Waals surface area contributed by atoms with Crippen molar-refractivity contribution >= 4 is 16.6 Å². The van der Waals surface area contributed by atoms with Gasteiger partial charge in [-0.3, -0.25) is 4.98 Å². The van der Waals surface area contributed by atoms with Crippen LogP contribution in [0.3, 0.4) is 0 Å². The van der Waals surface area contributed by atoms with E-state index in [1.807, 2.05) is 26.8 Å². The van der Waals surface area contributed by atoms with Crippen LogP contribution in [0.5, 0.6) is 5.75 Å². The van der Waals surface area contributed by atoms with Crippen molar-refractivity contribution in [1.29, 1.82) is 0 Å². The monoisotopic (exact) mass is 434 g/mol. The highest BCUT2D eigenvalue weighted by Crippen LogP contribution is 2.44. The fourth-order valence-corrected chi connectivity index (χ4v) is 3.38. The fourth-order valence-electron chi connectivity index (χ4n) is 3.38. The Kier molecular flexibility index (Phi) is 7.90. The molecule has 168 valence electrons. The lowest BCUT2D eigenvalue weighted by atomic mass is 9.85. The highest BCUT2D eigenvalue weighted by molar-refractivity contribution is 5.91. The Balaban J connectivity index is 0.00000166. The van der Waals surface area contributed by atoms with Crippen molar-refractivity contribution in [2.45, 2.75) is 51.9 Å². The summed E-state index contributed by atoms with van der Waals surface area (Å²) in [5, 5.41) is 14.4. The van der Waals surface area contributed by atoms with Crippen molar-refractivity contribution in [1.82, 2.24) is 4.98 Å². The molecule has 2 unspecified atom stereocenters. The fraction of sp³-hybridized carbons (Fsp3) is 0.375. The molecule has 1 heterocycles. The largest absolute Gasteiger partial charge is 0.497 e. The average Bonchev–Trinajstić information content (AvgIpc) is 2.77. The van der Waals surface area contributed by atoms with Crippen molar-refractivity contribution in [3.8, 4) is 5.75 Å². The third-order valence-corrected chi connectivity index (χ3v) is 5.13. The summed E-state index contributed by atoms with van der Waals surface area (Å²) < 4.78 is 46.9. The van der Waals surface area contributed by atoms with Gasteiger partial charge in [-0.15, -0.1) is 0 Å². The van der Waals surface area contributed by atoms with E-state index in [0.717, 1.165) is 5.69 Å². The topological polar surface area (TPSA) is 54.4 Å². The van der Waals surface area contributed by atoms with Gasteiger partial charge in [-0.2, -0.15) is 13.2 Å². The molecule has 1 aromatic heterocycles. The van der Waals surface area contributed by atoms with E-state index in [-0.39, 0.29) is 0 Å². The number of hydrogen-bond donors (Lipinski definition) is 2. The maximum atomic E-state index is 13.9. The van der Waals surface area contributed by atoms with Crippen LogP contribution >= 0.6 is 0 Å². The summed E-state index contributed by atoms with van der Waals surface area (Å²) in [6.45, 7) is 7.17. The zero-order valence-corrected chi connectivity index (χ0v) is 18.4. The molecule has 0 saturated heterocycles. The van der Waals surface area contributed by atoms with Crippen LogP contribution in [0.2, 0.25) is 0 Å². The first-order valence-electron chi connectivity index (χ1n) is 10.3. The summed E-state index contributed by atoms with van der Waals surface area (Å²) in [6.07, 6.45) is -5.35. The van der Waals surface area contributed by atoms with Crippen LogP contribution in [0.1, 0.15) is 44.5 Å². The maximum Gasteiger partial charge on any atom is 0.419 e. The third-order valence-electron chi connectivity index (χ3n) is 5.13. The summed E-state index contributed by atoms with van der Waals surface area (Å²) in [7, 11) is 1.48. The van der Waals surface area contributed by atoms with E-state index in [1.54, 1.807) is 36.4 Å². The van der Waals surface area contributed by atoms with Gasteiger partial charge in [0.15, 0.2) is 5.60 Å². The Morgan fingerprint density at radius 3 is 2.23 bits per heavy atom. The molecule has 31 heavy (non-hydrogen) atoms. The number of rotatable bonds is 6. The van der Waals surface area contributed by atoms with E-state index in [1.165, 1.54) is 26.2 Å². The molecule has 3 rings (SSSR count). The molecule has 0 fully saturated rings. The number of fused-ring (bicyclic) bond motifs is 1. The van der Waals surface area contributed by atoms with E-state index in [0.29, 0.717) is 27.9 Å². The van der Waals surface area contributed by atoms with Crippen LogP contribution in [0.15, 0.2) is 54.6 Å². The zero-order valence-electron chi connectivity index (χ0n) is 18.4. The number of hydrogen-bond acceptors (Lipinski definition) is 4. The lowest BCUT2D eigenvalue weighted by Gasteiger charge is -2.38. The van der Waals surface area contributed by atoms with Gasteiger partial charge in [0.25, 0.3) is 0 Å². The normalized spacial score (nSPS) is 14.2. The smallest absolute Gasteiger partial charge is 0.419 e. The number of ether oxygens (including phenoxy) is 1. The van der Waals surface area contributed by atoms with Gasteiger partial charge in [-0.05, 0) is 55.3 Å². The molecular formula is C24H29F3N2O2. The third kappa shape index (κ3) is 5.10. The molecular weight excluding hydrogens is 405 g/mol. The van der Waals surface area contributed by atoms with Crippen LogP contribution in [-0.4, -0.2) is 29.0 Å². The molecule has 2 atom stereocenters. The second kappa shape index (κ2) is 10.0. The second-order valence-corrected chi connectivity index (χ2v) is 6.95. The zero-order chi connectivity index (χ0) is 23.2. The number of benzene rings is 2. The number of aryl methyl sites for hydroxylation is 1. The number of aromatic nitrogens is 1. The Morgan fingerprint density at radius 2 is 1.68 bits per heavy atom. The number of nitrogens with one attached hydrogen (secondary N) is 1. The number of alkyl halides is 3. The van der Waals surface area contributed by atoms with Crippen LogP contribution in [0, 0.1) is 6.92 Å². The van der Waals surface area contributed by atoms with Crippen molar-refractivity contribution < 1.29 is 23.0 Å². The molecule has 0 aliphatic heterocycles. The van der Waals surface area contributed by atoms with E-state index in [9.17, 15) is 18.3 Å². The minimum Gasteiger partial charge on any atom is -0.497 e. The van der Waals surface area contributed by atoms with E-state index >= 15 is 0 Å². The summed E-state index contributed by atoms with van der Waals surface area (Å²) in [5.74, 6) is 0.518. The van der Waals surface area contributed by atoms with Crippen LogP contribution in [0.4, 0.5) is 18.9 Å². The number of pyridine rings is 1. The molecule has 7 heteroatoms. The predicted molar refractivity (Wildman–Crippen MR) is 118 cm³/mol. The number of methoxy groups -OCH3 is 1. The Bertz CT molecular complexity index is 990. The standard InChI is InChI=1S/C22H23F3N2O2.C2H6/c1-4-21(28,22(23,24)25)20(15-9-11-16(29-3)12-10-15)27-19-7-5-6-18-17(19)13-8-14(2)26-18;1-2/h5-13,20,27-28H,4H2,1-3H3;1-2H3. The molecule has 2 N–H and O–H groups in total. The first kappa shape index (κ1) is 24.5. The molecule has 0 aliphatic rings. The molecule has 3 aromatic rings. The van der Waals surface area contributed by atoms with Gasteiger partial charge in [-0.25, -0.2) is 0 Å². The van der Waals surface area contributed by atoms with Gasteiger partial charge in [0.2, 0.25) is 0 Å². The van der Waals surface area contributed by atoms with Crippen LogP contribution in [0.25, 0.3) is 10.9 Å². The molecule has 0 bridgehead atoms. The lowest BCUT2D eigenvalue weighted by Crippen LogP contribution is -2.52. The number of nitrogens with zero attached hydrogens (tertiary/aromatic N) is 1. The average molecular weight is 435 g/mol. The minimum absolute atomic E-state index is 0.296. The van der Waals surface area contributed by atoms with Crippen LogP contribution < -0.4 is 10.1 Å². The predicted octanol–water partition coefficient (Wildman–Crippen LogP) is 6.43. The lowest BCUT2D eigenvalue weighted by molar-refractivity contribution is -0.267. The Hall–Kier alpha value is -2.80. The SMILES string of the molecule is CC.CCC(O)(C(Nc1cccc2nc(C)ccc12)c1ccc(OC)cc1)C(F)(F)F. The van der Waals surface area contributed by atoms with Crippen molar-refractivity contribution in [2.24, 2.45) is 0 Å². The minimum atomic E-state index is -4.83. The second-order valence-electron chi connectivity index (χ2n) is 6.95. The molecule has 0 spiro atoms. The van der Waals surface area contributed by atoms with Gasteiger partial charge in [0, 0.05) is 16.8 Å². The first-order chi connectivity index (χ1) is 14.7. The molecule has 0 aliphatic carbocycles. The summed E-state index contributed by atoms with van der Waals surface area (Å²) in [5.41, 5.74) is -0.740. The molecule has 0 saturated carbocycles. The number of aliphatic hydroxyl groups is 1. The first-order valence-corrected chi connectivity index (χ1v) is 10.3. The highest BCUT2D eigenvalue weighted by Gasteiger charge is 2.58. The van der Waals surface area contributed by atoms with Gasteiger partial charge in [-0.1, -0.05) is 39.0 Å². The Morgan fingerprint density at radius 1 is 1.03 bits per heavy atom. The van der Waals surface area contributed by atoms with Gasteiger partial charge >= 0.3 is 6.18 Å². The van der Waals surface area contributed by atoms with Gasteiger partial charge < -0.3 is 15.2 Å². The molecule has 0 radical (unpaired) electrons. The van der Waals surface area contributed by atoms with E-state index in [2.05, 4.69) is 10.3 Å². The van der Waals surface area contributed by atoms with E-state index < -0.39 is 24.2 Å². The number of halogens is 3. The quantitative estimate of drug-likeness (QED) is 0.469. The Labute approximate surface area is 181 Å². The summed E-state index contributed by atoms with van der Waals surface area (Å²) >= 11 is 0. The van der Waals surface area contributed by atoms with Crippen molar-refractivity contribution in [3.05, 3.63) is 65.9 Å². The van der Waals surface area contributed by atoms with E-state index in [4.69, 9.17) is 4.74 Å². The summed E-state index contributed by atoms with van der Waals surface area (Å²) in [6, 6.07) is 13.6. The van der Waals surface area contributed by atoms with Crippen LogP contribution in [-0.2, 0) is 0 Å².